The van der Waals surface area contributed by atoms with E-state index < -0.39 is 10.0 Å². The van der Waals surface area contributed by atoms with Gasteiger partial charge in [0.15, 0.2) is 0 Å². The Hall–Kier alpha value is -1.36. The minimum atomic E-state index is -3.57. The predicted octanol–water partition coefficient (Wildman–Crippen LogP) is 4.30. The van der Waals surface area contributed by atoms with Crippen molar-refractivity contribution in [1.29, 1.82) is 0 Å². The molecule has 0 unspecified atom stereocenters. The number of rotatable bonds is 4. The molecule has 0 aliphatic carbocycles. The smallest absolute Gasteiger partial charge is 0.207 e. The fraction of sp³-hybridized carbons (Fsp3) is 0.294. The molecule has 0 saturated heterocycles. The number of nitrogens with one attached hydrogen (secondary N) is 1. The van der Waals surface area contributed by atoms with Crippen molar-refractivity contribution in [3.05, 3.63) is 63.7 Å². The molecule has 0 saturated carbocycles. The monoisotopic (exact) mass is 337 g/mol. The number of halogens is 1. The second-order valence-corrected chi connectivity index (χ2v) is 7.74. The molecule has 0 aliphatic rings. The zero-order valence-electron chi connectivity index (χ0n) is 13.1. The van der Waals surface area contributed by atoms with Crippen LogP contribution in [-0.4, -0.2) is 8.42 Å². The third kappa shape index (κ3) is 3.69. The van der Waals surface area contributed by atoms with Gasteiger partial charge in [0, 0.05) is 11.1 Å². The molecule has 22 heavy (non-hydrogen) atoms. The van der Waals surface area contributed by atoms with Crippen LogP contribution in [0.5, 0.6) is 0 Å². The zero-order valence-corrected chi connectivity index (χ0v) is 14.7. The largest absolute Gasteiger partial charge is 0.241 e. The average Bonchev–Trinajstić information content (AvgIpc) is 2.42. The number of aryl methyl sites for hydroxylation is 3. The van der Waals surface area contributed by atoms with E-state index in [2.05, 4.69) is 17.7 Å². The average molecular weight is 338 g/mol. The van der Waals surface area contributed by atoms with Gasteiger partial charge in [0.1, 0.15) is 0 Å². The molecule has 0 heterocycles. The summed E-state index contributed by atoms with van der Waals surface area (Å²) >= 11 is 5.80. The van der Waals surface area contributed by atoms with Gasteiger partial charge in [-0.15, -0.1) is 0 Å². The molecule has 0 radical (unpaired) electrons. The number of hydrogen-bond acceptors (Lipinski definition) is 2. The lowest BCUT2D eigenvalue weighted by Gasteiger charge is -2.18. The zero-order chi connectivity index (χ0) is 16.5. The lowest BCUT2D eigenvalue weighted by Crippen LogP contribution is -2.27. The van der Waals surface area contributed by atoms with E-state index in [0.29, 0.717) is 5.02 Å². The third-order valence-corrected chi connectivity index (χ3v) is 5.61. The van der Waals surface area contributed by atoms with Crippen molar-refractivity contribution in [2.45, 2.75) is 38.6 Å². The third-order valence-electron chi connectivity index (χ3n) is 3.80. The van der Waals surface area contributed by atoms with Gasteiger partial charge < -0.3 is 0 Å². The second-order valence-electron chi connectivity index (χ2n) is 5.59. The van der Waals surface area contributed by atoms with E-state index in [9.17, 15) is 8.42 Å². The van der Waals surface area contributed by atoms with Gasteiger partial charge >= 0.3 is 0 Å². The standard InChI is InChI=1S/C17H20ClNO2S/c1-11-9-13(3)17(10-12(11)2)14(4)19-22(20,21)16-7-5-15(18)6-8-16/h5-10,14,19H,1-4H3/t14-/m1/s1. The Kier molecular flexibility index (Phi) is 4.95. The van der Waals surface area contributed by atoms with Crippen molar-refractivity contribution < 1.29 is 8.42 Å². The first-order valence-corrected chi connectivity index (χ1v) is 8.92. The Morgan fingerprint density at radius 2 is 1.50 bits per heavy atom. The van der Waals surface area contributed by atoms with Crippen LogP contribution in [0.15, 0.2) is 41.3 Å². The van der Waals surface area contributed by atoms with Crippen LogP contribution in [0.1, 0.15) is 35.2 Å². The van der Waals surface area contributed by atoms with Gasteiger partial charge in [0.05, 0.1) is 4.90 Å². The van der Waals surface area contributed by atoms with Crippen molar-refractivity contribution in [1.82, 2.24) is 4.72 Å². The molecular weight excluding hydrogens is 318 g/mol. The number of sulfonamides is 1. The topological polar surface area (TPSA) is 46.2 Å². The summed E-state index contributed by atoms with van der Waals surface area (Å²) in [6.07, 6.45) is 0. The maximum absolute atomic E-state index is 12.4. The SMILES string of the molecule is Cc1cc(C)c([C@@H](C)NS(=O)(=O)c2ccc(Cl)cc2)cc1C. The fourth-order valence-corrected chi connectivity index (χ4v) is 3.78. The van der Waals surface area contributed by atoms with Crippen LogP contribution in [0, 0.1) is 20.8 Å². The lowest BCUT2D eigenvalue weighted by molar-refractivity contribution is 0.566. The van der Waals surface area contributed by atoms with Crippen LogP contribution in [0.3, 0.4) is 0 Å². The maximum atomic E-state index is 12.4. The molecule has 2 rings (SSSR count). The Labute approximate surface area is 137 Å². The molecule has 118 valence electrons. The van der Waals surface area contributed by atoms with Gasteiger partial charge in [-0.2, -0.15) is 0 Å². The Morgan fingerprint density at radius 3 is 2.09 bits per heavy atom. The van der Waals surface area contributed by atoms with E-state index >= 15 is 0 Å². The molecule has 0 bridgehead atoms. The van der Waals surface area contributed by atoms with Gasteiger partial charge in [-0.3, -0.25) is 0 Å². The molecule has 2 aromatic rings. The molecule has 0 amide bonds. The molecule has 2 aromatic carbocycles. The van der Waals surface area contributed by atoms with Crippen molar-refractivity contribution in [2.75, 3.05) is 0 Å². The van der Waals surface area contributed by atoms with Crippen molar-refractivity contribution >= 4 is 21.6 Å². The number of benzene rings is 2. The van der Waals surface area contributed by atoms with Crippen LogP contribution < -0.4 is 4.72 Å². The van der Waals surface area contributed by atoms with Gasteiger partial charge in [-0.25, -0.2) is 13.1 Å². The summed E-state index contributed by atoms with van der Waals surface area (Å²) in [5, 5.41) is 0.511. The Morgan fingerprint density at radius 1 is 0.955 bits per heavy atom. The van der Waals surface area contributed by atoms with E-state index in [1.54, 1.807) is 12.1 Å². The molecule has 5 heteroatoms. The van der Waals surface area contributed by atoms with Crippen LogP contribution in [-0.2, 0) is 10.0 Å². The van der Waals surface area contributed by atoms with Crippen molar-refractivity contribution in [3.8, 4) is 0 Å². The first-order valence-electron chi connectivity index (χ1n) is 7.06. The fourth-order valence-electron chi connectivity index (χ4n) is 2.43. The summed E-state index contributed by atoms with van der Waals surface area (Å²) in [5.41, 5.74) is 4.42. The molecule has 0 aliphatic heterocycles. The molecule has 1 N–H and O–H groups in total. The summed E-state index contributed by atoms with van der Waals surface area (Å²) < 4.78 is 27.6. The summed E-state index contributed by atoms with van der Waals surface area (Å²) in [4.78, 5) is 0.213. The minimum Gasteiger partial charge on any atom is -0.207 e. The Bertz CT molecular complexity index is 783. The van der Waals surface area contributed by atoms with E-state index in [0.717, 1.165) is 16.7 Å². The van der Waals surface area contributed by atoms with E-state index in [-0.39, 0.29) is 10.9 Å². The van der Waals surface area contributed by atoms with Crippen molar-refractivity contribution in [3.63, 3.8) is 0 Å². The highest BCUT2D eigenvalue weighted by Crippen LogP contribution is 2.23. The van der Waals surface area contributed by atoms with Gasteiger partial charge in [0.25, 0.3) is 0 Å². The van der Waals surface area contributed by atoms with Gasteiger partial charge in [-0.05, 0) is 74.2 Å². The molecule has 0 fully saturated rings. The van der Waals surface area contributed by atoms with Crippen LogP contribution in [0.25, 0.3) is 0 Å². The normalized spacial score (nSPS) is 13.1. The highest BCUT2D eigenvalue weighted by Gasteiger charge is 2.19. The van der Waals surface area contributed by atoms with Crippen LogP contribution in [0.4, 0.5) is 0 Å². The second kappa shape index (κ2) is 6.41. The van der Waals surface area contributed by atoms with E-state index in [1.807, 2.05) is 26.8 Å². The van der Waals surface area contributed by atoms with E-state index in [4.69, 9.17) is 11.6 Å². The highest BCUT2D eigenvalue weighted by atomic mass is 35.5. The van der Waals surface area contributed by atoms with Crippen molar-refractivity contribution in [2.24, 2.45) is 0 Å². The van der Waals surface area contributed by atoms with Gasteiger partial charge in [0.2, 0.25) is 10.0 Å². The lowest BCUT2D eigenvalue weighted by atomic mass is 9.97. The van der Waals surface area contributed by atoms with Crippen LogP contribution in [0.2, 0.25) is 5.02 Å². The Balaban J connectivity index is 2.30. The molecule has 3 nitrogen and oxygen atoms in total. The quantitative estimate of drug-likeness (QED) is 0.903. The summed E-state index contributed by atoms with van der Waals surface area (Å²) in [5.74, 6) is 0. The van der Waals surface area contributed by atoms with Crippen LogP contribution >= 0.6 is 11.6 Å². The summed E-state index contributed by atoms with van der Waals surface area (Å²) in [6, 6.07) is 9.97. The molecule has 1 atom stereocenters. The summed E-state index contributed by atoms with van der Waals surface area (Å²) in [7, 11) is -3.57. The highest BCUT2D eigenvalue weighted by molar-refractivity contribution is 7.89. The molecule has 0 aromatic heterocycles. The van der Waals surface area contributed by atoms with Gasteiger partial charge in [-0.1, -0.05) is 23.7 Å². The van der Waals surface area contributed by atoms with E-state index in [1.165, 1.54) is 17.7 Å². The molecule has 0 spiro atoms. The summed E-state index contributed by atoms with van der Waals surface area (Å²) in [6.45, 7) is 7.92. The maximum Gasteiger partial charge on any atom is 0.241 e. The first kappa shape index (κ1) is 17.0. The molecular formula is C17H20ClNO2S. The first-order chi connectivity index (χ1) is 10.2. The minimum absolute atomic E-state index is 0.213. The predicted molar refractivity (Wildman–Crippen MR) is 90.8 cm³/mol. The number of hydrogen-bond donors (Lipinski definition) is 1.